The number of hydrogen-bond acceptors (Lipinski definition) is 4. The summed E-state index contributed by atoms with van der Waals surface area (Å²) in [6.07, 6.45) is 2.84. The van der Waals surface area contributed by atoms with Gasteiger partial charge in [-0.25, -0.2) is 4.79 Å². The van der Waals surface area contributed by atoms with E-state index in [0.717, 1.165) is 50.3 Å². The second-order valence-corrected chi connectivity index (χ2v) is 9.59. The summed E-state index contributed by atoms with van der Waals surface area (Å²) in [5.74, 6) is 1.19. The van der Waals surface area contributed by atoms with E-state index in [0.29, 0.717) is 17.5 Å². The average molecular weight is 394 g/mol. The van der Waals surface area contributed by atoms with Gasteiger partial charge in [0, 0.05) is 29.6 Å². The minimum atomic E-state index is -0.455. The highest BCUT2D eigenvalue weighted by atomic mass is 35.5. The van der Waals surface area contributed by atoms with Gasteiger partial charge in [0.2, 0.25) is 0 Å². The van der Waals surface area contributed by atoms with Crippen LogP contribution in [0.4, 0.5) is 4.79 Å². The summed E-state index contributed by atoms with van der Waals surface area (Å²) < 4.78 is 17.8. The molecule has 1 amide bonds. The first-order valence-corrected chi connectivity index (χ1v) is 10.1. The Balaban J connectivity index is 1.39. The number of halogens is 1. The van der Waals surface area contributed by atoms with Crippen LogP contribution < -0.4 is 4.74 Å². The molecule has 0 saturated carbocycles. The molecule has 1 spiro atoms. The Labute approximate surface area is 165 Å². The van der Waals surface area contributed by atoms with E-state index < -0.39 is 5.60 Å². The molecule has 3 aliphatic heterocycles. The number of benzene rings is 1. The van der Waals surface area contributed by atoms with Gasteiger partial charge in [0.1, 0.15) is 11.4 Å². The Hall–Kier alpha value is -1.46. The molecule has 2 unspecified atom stereocenters. The Morgan fingerprint density at radius 2 is 2.04 bits per heavy atom. The van der Waals surface area contributed by atoms with Crippen molar-refractivity contribution in [3.8, 4) is 5.75 Å². The molecule has 5 nitrogen and oxygen atoms in total. The first-order chi connectivity index (χ1) is 12.7. The first-order valence-electron chi connectivity index (χ1n) is 9.77. The molecule has 2 saturated heterocycles. The number of ether oxygens (including phenoxy) is 3. The SMILES string of the molecule is CC(C)(C)OC(=O)N1CCC2(CC1)COC1c3ccc(Cl)cc3OCC1C2. The van der Waals surface area contributed by atoms with Crippen LogP contribution in [-0.4, -0.2) is 42.9 Å². The van der Waals surface area contributed by atoms with Gasteiger partial charge in [-0.1, -0.05) is 17.7 Å². The highest BCUT2D eigenvalue weighted by molar-refractivity contribution is 6.30. The van der Waals surface area contributed by atoms with Gasteiger partial charge >= 0.3 is 6.09 Å². The van der Waals surface area contributed by atoms with Crippen LogP contribution in [0.1, 0.15) is 51.7 Å². The maximum absolute atomic E-state index is 12.3. The number of carbonyl (C=O) groups excluding carboxylic acids is 1. The molecule has 0 aromatic heterocycles. The van der Waals surface area contributed by atoms with Gasteiger partial charge < -0.3 is 19.1 Å². The molecule has 2 atom stereocenters. The number of likely N-dealkylation sites (tertiary alicyclic amines) is 1. The highest BCUT2D eigenvalue weighted by Crippen LogP contribution is 2.51. The molecule has 1 aromatic carbocycles. The zero-order chi connectivity index (χ0) is 19.2. The summed E-state index contributed by atoms with van der Waals surface area (Å²) in [5, 5.41) is 0.689. The Kier molecular flexibility index (Phi) is 4.79. The van der Waals surface area contributed by atoms with Crippen molar-refractivity contribution in [2.45, 2.75) is 51.7 Å². The van der Waals surface area contributed by atoms with Gasteiger partial charge in [-0.2, -0.15) is 0 Å². The number of hydrogen-bond donors (Lipinski definition) is 0. The van der Waals surface area contributed by atoms with Crippen LogP contribution >= 0.6 is 11.6 Å². The Morgan fingerprint density at radius 3 is 2.74 bits per heavy atom. The predicted molar refractivity (Wildman–Crippen MR) is 103 cm³/mol. The standard InChI is InChI=1S/C21H28ClNO4/c1-20(2,3)27-19(24)23-8-6-21(7-9-23)11-14-12-25-17-10-15(22)4-5-16(17)18(14)26-13-21/h4-5,10,14,18H,6-9,11-13H2,1-3H3. The summed E-state index contributed by atoms with van der Waals surface area (Å²) >= 11 is 6.08. The molecular formula is C21H28ClNO4. The molecule has 2 fully saturated rings. The second kappa shape index (κ2) is 6.85. The fourth-order valence-electron chi connectivity index (χ4n) is 4.52. The fourth-order valence-corrected chi connectivity index (χ4v) is 4.68. The highest BCUT2D eigenvalue weighted by Gasteiger charge is 2.47. The van der Waals surface area contributed by atoms with Gasteiger partial charge in [-0.15, -0.1) is 0 Å². The molecule has 0 N–H and O–H groups in total. The van der Waals surface area contributed by atoms with Crippen molar-refractivity contribution >= 4 is 17.7 Å². The molecule has 0 radical (unpaired) electrons. The molecule has 148 valence electrons. The number of fused-ring (bicyclic) bond motifs is 3. The van der Waals surface area contributed by atoms with E-state index in [1.165, 1.54) is 0 Å². The van der Waals surface area contributed by atoms with E-state index in [9.17, 15) is 4.79 Å². The lowest BCUT2D eigenvalue weighted by atomic mass is 9.69. The first kappa shape index (κ1) is 18.9. The van der Waals surface area contributed by atoms with Crippen LogP contribution in [0, 0.1) is 11.3 Å². The molecule has 3 heterocycles. The lowest BCUT2D eigenvalue weighted by molar-refractivity contribution is -0.135. The summed E-state index contributed by atoms with van der Waals surface area (Å²) in [5.41, 5.74) is 0.785. The maximum Gasteiger partial charge on any atom is 0.410 e. The minimum Gasteiger partial charge on any atom is -0.493 e. The average Bonchev–Trinajstić information content (AvgIpc) is 2.60. The van der Waals surface area contributed by atoms with Gasteiger partial charge in [0.15, 0.2) is 0 Å². The van der Waals surface area contributed by atoms with E-state index in [2.05, 4.69) is 0 Å². The van der Waals surface area contributed by atoms with Gasteiger partial charge in [0.05, 0.1) is 19.3 Å². The van der Waals surface area contributed by atoms with E-state index in [-0.39, 0.29) is 17.6 Å². The van der Waals surface area contributed by atoms with Crippen molar-refractivity contribution in [1.82, 2.24) is 4.90 Å². The van der Waals surface area contributed by atoms with E-state index in [4.69, 9.17) is 25.8 Å². The molecule has 0 bridgehead atoms. The van der Waals surface area contributed by atoms with Crippen LogP contribution in [0.5, 0.6) is 5.75 Å². The summed E-state index contributed by atoms with van der Waals surface area (Å²) in [7, 11) is 0. The summed E-state index contributed by atoms with van der Waals surface area (Å²) in [4.78, 5) is 14.2. The number of rotatable bonds is 0. The third-order valence-corrected chi connectivity index (χ3v) is 6.14. The van der Waals surface area contributed by atoms with Gasteiger partial charge in [0.25, 0.3) is 0 Å². The summed E-state index contributed by atoms with van der Waals surface area (Å²) in [6, 6.07) is 5.80. The van der Waals surface area contributed by atoms with Crippen LogP contribution in [0.3, 0.4) is 0 Å². The van der Waals surface area contributed by atoms with Crippen LogP contribution in [0.2, 0.25) is 5.02 Å². The normalized spacial score (nSPS) is 26.7. The summed E-state index contributed by atoms with van der Waals surface area (Å²) in [6.45, 7) is 8.55. The monoisotopic (exact) mass is 393 g/mol. The Morgan fingerprint density at radius 1 is 1.30 bits per heavy atom. The van der Waals surface area contributed by atoms with Crippen LogP contribution in [0.25, 0.3) is 0 Å². The lowest BCUT2D eigenvalue weighted by Gasteiger charge is -2.49. The van der Waals surface area contributed by atoms with Crippen molar-refractivity contribution in [3.05, 3.63) is 28.8 Å². The van der Waals surface area contributed by atoms with Crippen molar-refractivity contribution in [2.75, 3.05) is 26.3 Å². The van der Waals surface area contributed by atoms with E-state index in [1.807, 2.05) is 43.9 Å². The van der Waals surface area contributed by atoms with Crippen LogP contribution in [0.15, 0.2) is 18.2 Å². The lowest BCUT2D eigenvalue weighted by Crippen LogP contribution is -2.50. The molecule has 6 heteroatoms. The van der Waals surface area contributed by atoms with Gasteiger partial charge in [-0.3, -0.25) is 0 Å². The predicted octanol–water partition coefficient (Wildman–Crippen LogP) is 4.83. The second-order valence-electron chi connectivity index (χ2n) is 9.16. The smallest absolute Gasteiger partial charge is 0.410 e. The van der Waals surface area contributed by atoms with Crippen molar-refractivity contribution < 1.29 is 19.0 Å². The minimum absolute atomic E-state index is 0.0838. The number of nitrogens with zero attached hydrogens (tertiary/aromatic N) is 1. The maximum atomic E-state index is 12.3. The Bertz CT molecular complexity index is 721. The van der Waals surface area contributed by atoms with E-state index in [1.54, 1.807) is 0 Å². The van der Waals surface area contributed by atoms with Crippen molar-refractivity contribution in [3.63, 3.8) is 0 Å². The largest absolute Gasteiger partial charge is 0.493 e. The van der Waals surface area contributed by atoms with Crippen LogP contribution in [-0.2, 0) is 9.47 Å². The fraction of sp³-hybridized carbons (Fsp3) is 0.667. The molecule has 3 aliphatic rings. The molecule has 1 aromatic rings. The zero-order valence-corrected chi connectivity index (χ0v) is 17.1. The van der Waals surface area contributed by atoms with Gasteiger partial charge in [-0.05, 0) is 57.6 Å². The zero-order valence-electron chi connectivity index (χ0n) is 16.3. The van der Waals surface area contributed by atoms with Crippen molar-refractivity contribution in [1.29, 1.82) is 0 Å². The van der Waals surface area contributed by atoms with Crippen molar-refractivity contribution in [2.24, 2.45) is 11.3 Å². The topological polar surface area (TPSA) is 48.0 Å². The van der Waals surface area contributed by atoms with E-state index >= 15 is 0 Å². The number of carbonyl (C=O) groups is 1. The quantitative estimate of drug-likeness (QED) is 0.633. The molecular weight excluding hydrogens is 366 g/mol. The third kappa shape index (κ3) is 3.90. The third-order valence-electron chi connectivity index (χ3n) is 5.90. The number of amides is 1. The number of piperidine rings is 1. The molecule has 4 rings (SSSR count). The molecule has 0 aliphatic carbocycles. The molecule has 27 heavy (non-hydrogen) atoms.